The fourth-order valence-electron chi connectivity index (χ4n) is 0.146. The van der Waals surface area contributed by atoms with Crippen molar-refractivity contribution >= 4 is 12.1 Å². The van der Waals surface area contributed by atoms with Crippen molar-refractivity contribution in [1.29, 1.82) is 0 Å². The average molecular weight is 134 g/mol. The molecular weight excluding hydrogens is 128 g/mol. The van der Waals surface area contributed by atoms with Gasteiger partial charge in [0.15, 0.2) is 0 Å². The molecule has 6 N–H and O–H groups in total. The highest BCUT2D eigenvalue weighted by Crippen LogP contribution is 1.75. The first-order valence-corrected chi connectivity index (χ1v) is 1.85. The van der Waals surface area contributed by atoms with Gasteiger partial charge < -0.3 is 16.0 Å². The molecule has 0 aliphatic rings. The molecule has 0 spiro atoms. The van der Waals surface area contributed by atoms with E-state index in [9.17, 15) is 4.79 Å². The van der Waals surface area contributed by atoms with E-state index in [1.54, 1.807) is 0 Å². The van der Waals surface area contributed by atoms with Gasteiger partial charge in [0.2, 0.25) is 0 Å². The number of carboxylic acid groups (broad SMARTS) is 1. The van der Waals surface area contributed by atoms with E-state index in [4.69, 9.17) is 16.0 Å². The predicted octanol–water partition coefficient (Wildman–Crippen LogP) is -1.46. The van der Waals surface area contributed by atoms with Crippen LogP contribution in [0.2, 0.25) is 0 Å². The second-order valence-electron chi connectivity index (χ2n) is 1.11. The van der Waals surface area contributed by atoms with Crippen molar-refractivity contribution in [3.63, 3.8) is 0 Å². The SMILES string of the molecule is NC(=NO)N(N)C(=O)O. The minimum absolute atomic E-state index is 0.0833. The summed E-state index contributed by atoms with van der Waals surface area (Å²) in [6.07, 6.45) is -1.50. The number of oxime groups is 1. The van der Waals surface area contributed by atoms with Crippen LogP contribution in [0.4, 0.5) is 4.79 Å². The molecule has 0 radical (unpaired) electrons. The van der Waals surface area contributed by atoms with Gasteiger partial charge in [0, 0.05) is 0 Å². The Labute approximate surface area is 50.1 Å². The molecule has 0 aliphatic heterocycles. The molecule has 0 bridgehead atoms. The van der Waals surface area contributed by atoms with E-state index in [1.165, 1.54) is 0 Å². The van der Waals surface area contributed by atoms with Crippen LogP contribution in [-0.4, -0.2) is 27.4 Å². The average Bonchev–Trinajstić information content (AvgIpc) is 1.84. The highest BCUT2D eigenvalue weighted by Gasteiger charge is 2.09. The zero-order chi connectivity index (χ0) is 7.44. The quantitative estimate of drug-likeness (QED) is 0.0804. The summed E-state index contributed by atoms with van der Waals surface area (Å²) in [5.41, 5.74) is 4.74. The van der Waals surface area contributed by atoms with Gasteiger partial charge in [-0.15, -0.1) is 0 Å². The monoisotopic (exact) mass is 134 g/mol. The summed E-state index contributed by atoms with van der Waals surface area (Å²) in [6.45, 7) is 0. The molecule has 0 saturated carbocycles. The third kappa shape index (κ3) is 1.82. The van der Waals surface area contributed by atoms with Crippen molar-refractivity contribution in [3.8, 4) is 0 Å². The summed E-state index contributed by atoms with van der Waals surface area (Å²) in [5.74, 6) is 4.01. The van der Waals surface area contributed by atoms with E-state index in [0.29, 0.717) is 0 Å². The van der Waals surface area contributed by atoms with Crippen LogP contribution in [-0.2, 0) is 0 Å². The van der Waals surface area contributed by atoms with Crippen molar-refractivity contribution < 1.29 is 15.1 Å². The van der Waals surface area contributed by atoms with Gasteiger partial charge in [-0.1, -0.05) is 0 Å². The Kier molecular flexibility index (Phi) is 2.27. The number of hydrogen-bond donors (Lipinski definition) is 4. The minimum atomic E-state index is -1.50. The molecule has 0 heterocycles. The molecule has 0 rings (SSSR count). The molecular formula is C2H6N4O3. The summed E-state index contributed by atoms with van der Waals surface area (Å²) >= 11 is 0. The molecule has 7 nitrogen and oxygen atoms in total. The maximum absolute atomic E-state index is 9.83. The second kappa shape index (κ2) is 2.72. The van der Waals surface area contributed by atoms with Crippen LogP contribution in [0.1, 0.15) is 0 Å². The third-order valence-corrected chi connectivity index (χ3v) is 0.555. The summed E-state index contributed by atoms with van der Waals surface area (Å²) in [4.78, 5) is 9.83. The van der Waals surface area contributed by atoms with Gasteiger partial charge in [-0.2, -0.15) is 5.01 Å². The van der Waals surface area contributed by atoms with E-state index >= 15 is 0 Å². The Balaban J connectivity index is 4.04. The largest absolute Gasteiger partial charge is 0.464 e. The highest BCUT2D eigenvalue weighted by atomic mass is 16.4. The fourth-order valence-corrected chi connectivity index (χ4v) is 0.146. The lowest BCUT2D eigenvalue weighted by Gasteiger charge is -2.07. The molecule has 0 atom stereocenters. The Hall–Kier alpha value is -1.50. The molecule has 7 heteroatoms. The van der Waals surface area contributed by atoms with Crippen LogP contribution >= 0.6 is 0 Å². The lowest BCUT2D eigenvalue weighted by molar-refractivity contribution is 0.167. The summed E-state index contributed by atoms with van der Waals surface area (Å²) in [7, 11) is 0. The molecule has 0 unspecified atom stereocenters. The number of rotatable bonds is 0. The Morgan fingerprint density at radius 1 is 1.67 bits per heavy atom. The van der Waals surface area contributed by atoms with E-state index in [-0.39, 0.29) is 5.01 Å². The Morgan fingerprint density at radius 2 is 2.11 bits per heavy atom. The number of nitrogens with zero attached hydrogens (tertiary/aromatic N) is 2. The molecule has 0 aromatic heterocycles. The van der Waals surface area contributed by atoms with Gasteiger partial charge in [-0.3, -0.25) is 0 Å². The maximum Gasteiger partial charge on any atom is 0.429 e. The molecule has 52 valence electrons. The summed E-state index contributed by atoms with van der Waals surface area (Å²) < 4.78 is 0. The van der Waals surface area contributed by atoms with Crippen LogP contribution in [0.25, 0.3) is 0 Å². The van der Waals surface area contributed by atoms with Crippen molar-refractivity contribution in [2.45, 2.75) is 0 Å². The predicted molar refractivity (Wildman–Crippen MR) is 27.5 cm³/mol. The number of hydrazine groups is 1. The lowest BCUT2D eigenvalue weighted by Crippen LogP contribution is -2.46. The van der Waals surface area contributed by atoms with Gasteiger partial charge in [0.25, 0.3) is 5.96 Å². The first kappa shape index (κ1) is 7.50. The Bertz CT molecular complexity index is 143. The normalized spacial score (nSPS) is 11.0. The highest BCUT2D eigenvalue weighted by molar-refractivity contribution is 5.90. The van der Waals surface area contributed by atoms with Crippen molar-refractivity contribution in [3.05, 3.63) is 0 Å². The third-order valence-electron chi connectivity index (χ3n) is 0.555. The number of amides is 1. The van der Waals surface area contributed by atoms with Crippen molar-refractivity contribution in [2.75, 3.05) is 0 Å². The standard InChI is InChI=1S/C2H6N4O3/c3-1(5-9)6(4)2(7)8/h9H,4H2,(H2,3,5)(H,7,8). The van der Waals surface area contributed by atoms with E-state index in [2.05, 4.69) is 11.0 Å². The molecule has 0 saturated heterocycles. The Morgan fingerprint density at radius 3 is 2.22 bits per heavy atom. The molecule has 1 amide bonds. The zero-order valence-corrected chi connectivity index (χ0v) is 4.35. The summed E-state index contributed by atoms with van der Waals surface area (Å²) in [5, 5.41) is 18.3. The molecule has 0 fully saturated rings. The van der Waals surface area contributed by atoms with Gasteiger partial charge in [-0.05, 0) is 5.16 Å². The van der Waals surface area contributed by atoms with Crippen LogP contribution in [0.5, 0.6) is 0 Å². The first-order valence-electron chi connectivity index (χ1n) is 1.85. The fraction of sp³-hybridized carbons (Fsp3) is 0. The van der Waals surface area contributed by atoms with Gasteiger partial charge >= 0.3 is 6.09 Å². The van der Waals surface area contributed by atoms with Gasteiger partial charge in [0.05, 0.1) is 0 Å². The van der Waals surface area contributed by atoms with Crippen LogP contribution in [0, 0.1) is 0 Å². The van der Waals surface area contributed by atoms with E-state index in [1.807, 2.05) is 0 Å². The van der Waals surface area contributed by atoms with Crippen molar-refractivity contribution in [2.24, 2.45) is 16.7 Å². The van der Waals surface area contributed by atoms with Crippen LogP contribution in [0.3, 0.4) is 0 Å². The van der Waals surface area contributed by atoms with E-state index in [0.717, 1.165) is 0 Å². The molecule has 0 aromatic rings. The number of hydrogen-bond acceptors (Lipinski definition) is 4. The smallest absolute Gasteiger partial charge is 0.429 e. The topological polar surface area (TPSA) is 125 Å². The van der Waals surface area contributed by atoms with E-state index < -0.39 is 12.1 Å². The number of guanidine groups is 1. The molecule has 0 aromatic carbocycles. The summed E-state index contributed by atoms with van der Waals surface area (Å²) in [6, 6.07) is 0. The van der Waals surface area contributed by atoms with Gasteiger partial charge in [-0.25, -0.2) is 10.6 Å². The minimum Gasteiger partial charge on any atom is -0.464 e. The molecule has 0 aliphatic carbocycles. The van der Waals surface area contributed by atoms with Crippen LogP contribution in [0.15, 0.2) is 5.16 Å². The zero-order valence-electron chi connectivity index (χ0n) is 4.35. The number of nitrogens with two attached hydrogens (primary N) is 2. The molecule has 9 heavy (non-hydrogen) atoms. The van der Waals surface area contributed by atoms with Crippen molar-refractivity contribution in [1.82, 2.24) is 5.01 Å². The maximum atomic E-state index is 9.83. The van der Waals surface area contributed by atoms with Gasteiger partial charge in [0.1, 0.15) is 0 Å². The second-order valence-corrected chi connectivity index (χ2v) is 1.11. The first-order chi connectivity index (χ1) is 4.09. The number of carbonyl (C=O) groups is 1. The van der Waals surface area contributed by atoms with Crippen LogP contribution < -0.4 is 11.6 Å². The lowest BCUT2D eigenvalue weighted by atomic mass is 10.9.